The fourth-order valence-corrected chi connectivity index (χ4v) is 2.77. The number of amides is 1. The Morgan fingerprint density at radius 2 is 2.37 bits per heavy atom. The Morgan fingerprint density at radius 3 is 3.11 bits per heavy atom. The Morgan fingerprint density at radius 1 is 1.53 bits per heavy atom. The largest absolute Gasteiger partial charge is 0.372 e. The van der Waals surface area contributed by atoms with Crippen LogP contribution in [0.2, 0.25) is 0 Å². The standard InChI is InChI=1S/C14H22N2O2S/c1-2-3-4-7-18-9-13(17)15-8-12-10-19-14(16-12)11-5-6-11/h10-11H,2-9H2,1H3,(H,15,17). The quantitative estimate of drug-likeness (QED) is 0.709. The summed E-state index contributed by atoms with van der Waals surface area (Å²) in [6, 6.07) is 0. The highest BCUT2D eigenvalue weighted by Gasteiger charge is 2.26. The number of carbonyl (C=O) groups excluding carboxylic acids is 1. The molecule has 1 saturated carbocycles. The number of nitrogens with zero attached hydrogens (tertiary/aromatic N) is 1. The van der Waals surface area contributed by atoms with E-state index in [1.54, 1.807) is 11.3 Å². The van der Waals surface area contributed by atoms with Gasteiger partial charge in [0.15, 0.2) is 0 Å². The van der Waals surface area contributed by atoms with Crippen molar-refractivity contribution in [1.29, 1.82) is 0 Å². The van der Waals surface area contributed by atoms with Crippen molar-refractivity contribution in [3.8, 4) is 0 Å². The second-order valence-corrected chi connectivity index (χ2v) is 5.88. The van der Waals surface area contributed by atoms with Crippen molar-refractivity contribution in [1.82, 2.24) is 10.3 Å². The lowest BCUT2D eigenvalue weighted by molar-refractivity contribution is -0.125. The topological polar surface area (TPSA) is 51.2 Å². The van der Waals surface area contributed by atoms with Gasteiger partial charge in [-0.1, -0.05) is 19.8 Å². The van der Waals surface area contributed by atoms with E-state index in [0.717, 1.165) is 18.5 Å². The zero-order valence-corrected chi connectivity index (χ0v) is 12.3. The van der Waals surface area contributed by atoms with Gasteiger partial charge in [0, 0.05) is 17.9 Å². The molecule has 4 nitrogen and oxygen atoms in total. The van der Waals surface area contributed by atoms with Crippen molar-refractivity contribution in [3.63, 3.8) is 0 Å². The maximum atomic E-state index is 11.5. The fourth-order valence-electron chi connectivity index (χ4n) is 1.78. The molecule has 19 heavy (non-hydrogen) atoms. The van der Waals surface area contributed by atoms with E-state index in [1.807, 2.05) is 5.38 Å². The molecule has 5 heteroatoms. The lowest BCUT2D eigenvalue weighted by Gasteiger charge is -2.04. The molecule has 0 bridgehead atoms. The number of hydrogen-bond donors (Lipinski definition) is 1. The number of nitrogens with one attached hydrogen (secondary N) is 1. The summed E-state index contributed by atoms with van der Waals surface area (Å²) in [5.41, 5.74) is 0.964. The Kier molecular flexibility index (Phi) is 5.79. The van der Waals surface area contributed by atoms with Gasteiger partial charge in [-0.05, 0) is 19.3 Å². The second kappa shape index (κ2) is 7.60. The maximum Gasteiger partial charge on any atom is 0.246 e. The van der Waals surface area contributed by atoms with Crippen molar-refractivity contribution in [2.75, 3.05) is 13.2 Å². The van der Waals surface area contributed by atoms with Crippen LogP contribution in [0.25, 0.3) is 0 Å². The molecular weight excluding hydrogens is 260 g/mol. The molecule has 1 aliphatic rings. The molecule has 0 aliphatic heterocycles. The summed E-state index contributed by atoms with van der Waals surface area (Å²) < 4.78 is 5.31. The zero-order chi connectivity index (χ0) is 13.5. The first kappa shape index (κ1) is 14.5. The molecule has 0 saturated heterocycles. The number of thiazole rings is 1. The summed E-state index contributed by atoms with van der Waals surface area (Å²) in [5.74, 6) is 0.633. The van der Waals surface area contributed by atoms with Crippen LogP contribution in [0.15, 0.2) is 5.38 Å². The third kappa shape index (κ3) is 5.28. The van der Waals surface area contributed by atoms with E-state index < -0.39 is 0 Å². The van der Waals surface area contributed by atoms with Crippen molar-refractivity contribution < 1.29 is 9.53 Å². The molecular formula is C14H22N2O2S. The van der Waals surface area contributed by atoms with Crippen LogP contribution in [-0.4, -0.2) is 24.1 Å². The zero-order valence-electron chi connectivity index (χ0n) is 11.5. The number of rotatable bonds is 9. The molecule has 0 atom stereocenters. The van der Waals surface area contributed by atoms with E-state index >= 15 is 0 Å². The second-order valence-electron chi connectivity index (χ2n) is 4.99. The predicted octanol–water partition coefficient (Wildman–Crippen LogP) is 2.84. The SMILES string of the molecule is CCCCCOCC(=O)NCc1csc(C2CC2)n1. The van der Waals surface area contributed by atoms with E-state index in [1.165, 1.54) is 24.3 Å². The summed E-state index contributed by atoms with van der Waals surface area (Å²) in [4.78, 5) is 16.1. The molecule has 1 aromatic heterocycles. The van der Waals surface area contributed by atoms with E-state index in [0.29, 0.717) is 19.1 Å². The first-order valence-corrected chi connectivity index (χ1v) is 7.96. The first-order valence-electron chi connectivity index (χ1n) is 7.08. The van der Waals surface area contributed by atoms with Crippen LogP contribution < -0.4 is 5.32 Å². The summed E-state index contributed by atoms with van der Waals surface area (Å²) >= 11 is 1.71. The van der Waals surface area contributed by atoms with Gasteiger partial charge in [0.2, 0.25) is 5.91 Å². The van der Waals surface area contributed by atoms with Crippen molar-refractivity contribution in [2.24, 2.45) is 0 Å². The minimum absolute atomic E-state index is 0.0579. The Hall–Kier alpha value is -0.940. The molecule has 106 valence electrons. The lowest BCUT2D eigenvalue weighted by atomic mass is 10.3. The fraction of sp³-hybridized carbons (Fsp3) is 0.714. The molecule has 1 N–H and O–H groups in total. The molecule has 1 amide bonds. The highest BCUT2D eigenvalue weighted by atomic mass is 32.1. The first-order chi connectivity index (χ1) is 9.29. The van der Waals surface area contributed by atoms with Crippen molar-refractivity contribution >= 4 is 17.2 Å². The van der Waals surface area contributed by atoms with Crippen LogP contribution >= 0.6 is 11.3 Å². The van der Waals surface area contributed by atoms with Crippen molar-refractivity contribution in [2.45, 2.75) is 51.5 Å². The van der Waals surface area contributed by atoms with Crippen LogP contribution in [0.3, 0.4) is 0 Å². The van der Waals surface area contributed by atoms with Gasteiger partial charge in [-0.2, -0.15) is 0 Å². The van der Waals surface area contributed by atoms with Crippen LogP contribution in [0.1, 0.15) is 55.6 Å². The molecule has 1 fully saturated rings. The van der Waals surface area contributed by atoms with E-state index in [-0.39, 0.29) is 12.5 Å². The molecule has 0 radical (unpaired) electrons. The Bertz CT molecular complexity index is 402. The van der Waals surface area contributed by atoms with E-state index in [4.69, 9.17) is 4.74 Å². The Balaban J connectivity index is 1.57. The molecule has 1 aromatic rings. The molecule has 0 aromatic carbocycles. The number of unbranched alkanes of at least 4 members (excludes halogenated alkanes) is 2. The van der Waals surface area contributed by atoms with Gasteiger partial charge in [0.1, 0.15) is 6.61 Å². The van der Waals surface area contributed by atoms with Crippen LogP contribution in [0.5, 0.6) is 0 Å². The minimum atomic E-state index is -0.0579. The normalized spacial score (nSPS) is 14.6. The highest BCUT2D eigenvalue weighted by molar-refractivity contribution is 7.09. The van der Waals surface area contributed by atoms with E-state index in [2.05, 4.69) is 17.2 Å². The summed E-state index contributed by atoms with van der Waals surface area (Å²) in [6.07, 6.45) is 5.89. The van der Waals surface area contributed by atoms with Crippen molar-refractivity contribution in [3.05, 3.63) is 16.1 Å². The highest BCUT2D eigenvalue weighted by Crippen LogP contribution is 2.41. The third-order valence-electron chi connectivity index (χ3n) is 3.09. The van der Waals surface area contributed by atoms with Crippen LogP contribution in [0.4, 0.5) is 0 Å². The summed E-state index contributed by atoms with van der Waals surface area (Å²) in [6.45, 7) is 3.49. The van der Waals surface area contributed by atoms with E-state index in [9.17, 15) is 4.79 Å². The van der Waals surface area contributed by atoms with Gasteiger partial charge in [0.25, 0.3) is 0 Å². The van der Waals surface area contributed by atoms with Gasteiger partial charge in [0.05, 0.1) is 17.2 Å². The molecule has 0 spiro atoms. The number of aromatic nitrogens is 1. The summed E-state index contributed by atoms with van der Waals surface area (Å²) in [7, 11) is 0. The van der Waals surface area contributed by atoms with Crippen LogP contribution in [0, 0.1) is 0 Å². The number of carbonyl (C=O) groups is 1. The number of ether oxygens (including phenoxy) is 1. The van der Waals surface area contributed by atoms with Gasteiger partial charge in [-0.25, -0.2) is 4.98 Å². The third-order valence-corrected chi connectivity index (χ3v) is 4.14. The smallest absolute Gasteiger partial charge is 0.246 e. The summed E-state index contributed by atoms with van der Waals surface area (Å²) in [5, 5.41) is 6.10. The van der Waals surface area contributed by atoms with Crippen LogP contribution in [-0.2, 0) is 16.1 Å². The number of hydrogen-bond acceptors (Lipinski definition) is 4. The maximum absolute atomic E-state index is 11.5. The molecule has 2 rings (SSSR count). The monoisotopic (exact) mass is 282 g/mol. The average Bonchev–Trinajstić information content (AvgIpc) is 3.15. The van der Waals surface area contributed by atoms with Gasteiger partial charge in [-0.15, -0.1) is 11.3 Å². The minimum Gasteiger partial charge on any atom is -0.372 e. The lowest BCUT2D eigenvalue weighted by Crippen LogP contribution is -2.27. The average molecular weight is 282 g/mol. The Labute approximate surface area is 118 Å². The van der Waals surface area contributed by atoms with Gasteiger partial charge in [-0.3, -0.25) is 4.79 Å². The molecule has 0 unspecified atom stereocenters. The van der Waals surface area contributed by atoms with Gasteiger partial charge < -0.3 is 10.1 Å². The molecule has 1 heterocycles. The van der Waals surface area contributed by atoms with Gasteiger partial charge >= 0.3 is 0 Å². The molecule has 1 aliphatic carbocycles. The predicted molar refractivity (Wildman–Crippen MR) is 76.3 cm³/mol.